The van der Waals surface area contributed by atoms with E-state index in [1.165, 1.54) is 5.56 Å². The van der Waals surface area contributed by atoms with Gasteiger partial charge in [0.2, 0.25) is 5.16 Å². The molecule has 5 nitrogen and oxygen atoms in total. The van der Waals surface area contributed by atoms with Crippen molar-refractivity contribution in [2.45, 2.75) is 29.8 Å². The Morgan fingerprint density at radius 3 is 2.74 bits per heavy atom. The summed E-state index contributed by atoms with van der Waals surface area (Å²) in [5.74, 6) is 0. The third kappa shape index (κ3) is 3.34. The smallest absolute Gasteiger partial charge is 0.209 e. The number of hydrogen-bond acceptors (Lipinski definition) is 5. The van der Waals surface area contributed by atoms with Crippen molar-refractivity contribution in [1.82, 2.24) is 20.2 Å². The lowest BCUT2D eigenvalue weighted by molar-refractivity contribution is 0.623. The van der Waals surface area contributed by atoms with Crippen molar-refractivity contribution in [2.24, 2.45) is 12.8 Å². The van der Waals surface area contributed by atoms with Gasteiger partial charge in [0.05, 0.1) is 5.25 Å². The van der Waals surface area contributed by atoms with Gasteiger partial charge in [-0.15, -0.1) is 5.10 Å². The molecule has 0 saturated heterocycles. The van der Waals surface area contributed by atoms with Crippen molar-refractivity contribution in [2.75, 3.05) is 0 Å². The summed E-state index contributed by atoms with van der Waals surface area (Å²) < 4.78 is 2.73. The maximum absolute atomic E-state index is 6.27. The third-order valence-electron chi connectivity index (χ3n) is 2.89. The summed E-state index contributed by atoms with van der Waals surface area (Å²) in [6, 6.07) is 8.17. The zero-order valence-corrected chi connectivity index (χ0v) is 13.2. The van der Waals surface area contributed by atoms with Gasteiger partial charge in [-0.2, -0.15) is 0 Å². The Morgan fingerprint density at radius 2 is 2.16 bits per heavy atom. The number of hydrogen-bond donors (Lipinski definition) is 1. The van der Waals surface area contributed by atoms with Crippen LogP contribution < -0.4 is 5.73 Å². The number of rotatable bonds is 5. The van der Waals surface area contributed by atoms with Crippen molar-refractivity contribution in [3.05, 3.63) is 34.3 Å². The Balaban J connectivity index is 2.32. The Kier molecular flexibility index (Phi) is 4.95. The Bertz CT molecular complexity index is 544. The van der Waals surface area contributed by atoms with Crippen LogP contribution in [0.3, 0.4) is 0 Å². The minimum absolute atomic E-state index is 0.0420. The maximum atomic E-state index is 6.27. The first kappa shape index (κ1) is 14.5. The monoisotopic (exact) mass is 341 g/mol. The van der Waals surface area contributed by atoms with Crippen LogP contribution in [0.2, 0.25) is 0 Å². The SMILES string of the molecule is CCC(N)C(Sc1nnnn1C)c1ccccc1Br. The molecule has 0 aliphatic carbocycles. The lowest BCUT2D eigenvalue weighted by Gasteiger charge is -2.23. The van der Waals surface area contributed by atoms with Gasteiger partial charge < -0.3 is 5.73 Å². The van der Waals surface area contributed by atoms with Gasteiger partial charge in [-0.25, -0.2) is 4.68 Å². The number of aromatic nitrogens is 4. The number of aryl methyl sites for hydroxylation is 1. The van der Waals surface area contributed by atoms with Crippen molar-refractivity contribution < 1.29 is 0 Å². The van der Waals surface area contributed by atoms with Gasteiger partial charge in [-0.05, 0) is 28.5 Å². The molecule has 7 heteroatoms. The molecule has 0 spiro atoms. The molecule has 102 valence electrons. The van der Waals surface area contributed by atoms with E-state index in [-0.39, 0.29) is 11.3 Å². The summed E-state index contributed by atoms with van der Waals surface area (Å²) in [7, 11) is 1.83. The van der Waals surface area contributed by atoms with E-state index in [2.05, 4.69) is 44.4 Å². The lowest BCUT2D eigenvalue weighted by Crippen LogP contribution is -2.26. The molecule has 0 aliphatic heterocycles. The Hall–Kier alpha value is -0.920. The van der Waals surface area contributed by atoms with Crippen LogP contribution in [0.1, 0.15) is 24.2 Å². The minimum Gasteiger partial charge on any atom is -0.326 e. The standard InChI is InChI=1S/C12H16BrN5S/c1-3-10(14)11(8-6-4-5-7-9(8)13)19-12-15-16-17-18(12)2/h4-7,10-11H,3,14H2,1-2H3. The predicted octanol–water partition coefficient (Wildman–Crippen LogP) is 2.54. The average Bonchev–Trinajstić information content (AvgIpc) is 2.81. The first-order valence-electron chi connectivity index (χ1n) is 6.02. The molecule has 0 radical (unpaired) electrons. The van der Waals surface area contributed by atoms with Crippen molar-refractivity contribution in [3.8, 4) is 0 Å². The van der Waals surface area contributed by atoms with Gasteiger partial charge in [0.15, 0.2) is 0 Å². The molecule has 1 aromatic carbocycles. The van der Waals surface area contributed by atoms with Gasteiger partial charge in [-0.3, -0.25) is 0 Å². The summed E-state index contributed by atoms with van der Waals surface area (Å²) in [6.45, 7) is 2.09. The van der Waals surface area contributed by atoms with E-state index in [4.69, 9.17) is 5.73 Å². The van der Waals surface area contributed by atoms with Crippen LogP contribution >= 0.6 is 27.7 Å². The fourth-order valence-corrected chi connectivity index (χ4v) is 3.62. The minimum atomic E-state index is 0.0420. The van der Waals surface area contributed by atoms with Crippen LogP contribution in [0, 0.1) is 0 Å². The average molecular weight is 342 g/mol. The fourth-order valence-electron chi connectivity index (χ4n) is 1.74. The lowest BCUT2D eigenvalue weighted by atomic mass is 10.0. The van der Waals surface area contributed by atoms with Gasteiger partial charge in [0, 0.05) is 17.6 Å². The molecule has 19 heavy (non-hydrogen) atoms. The van der Waals surface area contributed by atoms with Gasteiger partial charge in [0.1, 0.15) is 0 Å². The molecule has 0 fully saturated rings. The molecule has 2 unspecified atom stereocenters. The summed E-state index contributed by atoms with van der Waals surface area (Å²) in [5, 5.41) is 12.4. The summed E-state index contributed by atoms with van der Waals surface area (Å²) >= 11 is 5.18. The largest absolute Gasteiger partial charge is 0.326 e. The van der Waals surface area contributed by atoms with Crippen LogP contribution in [0.5, 0.6) is 0 Å². The number of tetrazole rings is 1. The van der Waals surface area contributed by atoms with E-state index in [0.29, 0.717) is 0 Å². The van der Waals surface area contributed by atoms with E-state index < -0.39 is 0 Å². The molecular formula is C12H16BrN5S. The van der Waals surface area contributed by atoms with Crippen LogP contribution in [-0.4, -0.2) is 26.2 Å². The van der Waals surface area contributed by atoms with E-state index >= 15 is 0 Å². The quantitative estimate of drug-likeness (QED) is 0.846. The van der Waals surface area contributed by atoms with Crippen LogP contribution in [-0.2, 0) is 7.05 Å². The molecule has 1 aromatic heterocycles. The molecule has 2 aromatic rings. The second-order valence-corrected chi connectivity index (χ2v) is 6.18. The number of halogens is 1. The van der Waals surface area contributed by atoms with Gasteiger partial charge in [0.25, 0.3) is 0 Å². The predicted molar refractivity (Wildman–Crippen MR) is 79.8 cm³/mol. The zero-order chi connectivity index (χ0) is 13.8. The number of benzene rings is 1. The van der Waals surface area contributed by atoms with E-state index in [1.807, 2.05) is 25.2 Å². The van der Waals surface area contributed by atoms with Crippen LogP contribution in [0.15, 0.2) is 33.9 Å². The van der Waals surface area contributed by atoms with Crippen LogP contribution in [0.25, 0.3) is 0 Å². The van der Waals surface area contributed by atoms with Crippen molar-refractivity contribution in [1.29, 1.82) is 0 Å². The van der Waals surface area contributed by atoms with E-state index in [9.17, 15) is 0 Å². The summed E-state index contributed by atoms with van der Waals surface area (Å²) in [4.78, 5) is 0. The molecule has 1 heterocycles. The second-order valence-electron chi connectivity index (χ2n) is 4.22. The molecule has 2 rings (SSSR count). The summed E-state index contributed by atoms with van der Waals surface area (Å²) in [5.41, 5.74) is 7.44. The highest BCUT2D eigenvalue weighted by Crippen LogP contribution is 2.39. The molecule has 0 aliphatic rings. The van der Waals surface area contributed by atoms with E-state index in [1.54, 1.807) is 16.4 Å². The van der Waals surface area contributed by atoms with Gasteiger partial charge in [-0.1, -0.05) is 52.8 Å². The fraction of sp³-hybridized carbons (Fsp3) is 0.417. The number of nitrogens with two attached hydrogens (primary N) is 1. The van der Waals surface area contributed by atoms with Crippen molar-refractivity contribution >= 4 is 27.7 Å². The molecule has 2 N–H and O–H groups in total. The first-order chi connectivity index (χ1) is 9.13. The summed E-state index contributed by atoms with van der Waals surface area (Å²) in [6.07, 6.45) is 0.893. The Labute approximate surface area is 125 Å². The topological polar surface area (TPSA) is 69.6 Å². The molecule has 0 bridgehead atoms. The number of thioether (sulfide) groups is 1. The van der Waals surface area contributed by atoms with Crippen molar-refractivity contribution in [3.63, 3.8) is 0 Å². The highest BCUT2D eigenvalue weighted by molar-refractivity contribution is 9.10. The maximum Gasteiger partial charge on any atom is 0.209 e. The molecule has 0 amide bonds. The normalized spacial score (nSPS) is 14.3. The Morgan fingerprint density at radius 1 is 1.42 bits per heavy atom. The number of nitrogens with zero attached hydrogens (tertiary/aromatic N) is 4. The highest BCUT2D eigenvalue weighted by Gasteiger charge is 2.24. The zero-order valence-electron chi connectivity index (χ0n) is 10.8. The molecule has 2 atom stereocenters. The molecule has 0 saturated carbocycles. The first-order valence-corrected chi connectivity index (χ1v) is 7.69. The highest BCUT2D eigenvalue weighted by atomic mass is 79.9. The van der Waals surface area contributed by atoms with E-state index in [0.717, 1.165) is 16.0 Å². The van der Waals surface area contributed by atoms with Gasteiger partial charge >= 0.3 is 0 Å². The van der Waals surface area contributed by atoms with Crippen LogP contribution in [0.4, 0.5) is 0 Å². The third-order valence-corrected chi connectivity index (χ3v) is 5.02. The molecular weight excluding hydrogens is 326 g/mol. The second kappa shape index (κ2) is 6.49.